The number of aromatic nitrogens is 2. The van der Waals surface area contributed by atoms with E-state index in [4.69, 9.17) is 22.8 Å². The molecular weight excluding hydrogens is 661 g/mol. The summed E-state index contributed by atoms with van der Waals surface area (Å²) in [5.41, 5.74) is -0.680. The van der Waals surface area contributed by atoms with Crippen LogP contribution in [-0.2, 0) is 0 Å². The average Bonchev–Trinajstić information content (AvgIpc) is 3.74. The number of nitrogens with zero attached hydrogens (tertiary/aromatic N) is 2. The number of rotatable bonds is 6. The second-order valence-corrected chi connectivity index (χ2v) is 12.9. The second-order valence-electron chi connectivity index (χ2n) is 11.9. The van der Waals surface area contributed by atoms with E-state index in [1.807, 2.05) is 42.5 Å². The van der Waals surface area contributed by atoms with Gasteiger partial charge in [-0.15, -0.1) is 11.3 Å². The predicted octanol–water partition coefficient (Wildman–Crippen LogP) is 14.0. The highest BCUT2D eigenvalue weighted by atomic mass is 32.1. The molecule has 3 heterocycles. The SMILES string of the molecule is [2H]c1c([2H])c([2H])c(-c2sc(-c3c([2H])c([2H])c([2H])c([2H])c3[2H])c(-c3c([2H])c([2H])c(-c4ccc(-c5ccc6ccc7cccnc7c6n5)c5ccccc45)c([2H])c3[2H])c2-c2c([2H])c([2H])c([2H])c([2H])c2[2H])c([2H])c1[2H]. The van der Waals surface area contributed by atoms with Gasteiger partial charge < -0.3 is 0 Å². The lowest BCUT2D eigenvalue weighted by molar-refractivity contribution is 1.37. The van der Waals surface area contributed by atoms with Crippen molar-refractivity contribution in [3.05, 3.63) is 194 Å². The third kappa shape index (κ3) is 5.50. The van der Waals surface area contributed by atoms with Gasteiger partial charge >= 0.3 is 0 Å². The first-order chi connectivity index (χ1) is 34.2. The van der Waals surface area contributed by atoms with Crippen LogP contribution < -0.4 is 0 Å². The van der Waals surface area contributed by atoms with Gasteiger partial charge in [0.1, 0.15) is 0 Å². The topological polar surface area (TPSA) is 25.8 Å². The molecule has 0 bridgehead atoms. The quantitative estimate of drug-likeness (QED) is 0.161. The fourth-order valence-electron chi connectivity index (χ4n) is 6.55. The zero-order valence-electron chi connectivity index (χ0n) is 46.3. The summed E-state index contributed by atoms with van der Waals surface area (Å²) in [6, 6.07) is 6.79. The van der Waals surface area contributed by atoms with Crippen molar-refractivity contribution in [1.29, 1.82) is 0 Å². The van der Waals surface area contributed by atoms with E-state index in [0.717, 1.165) is 10.8 Å². The van der Waals surface area contributed by atoms with Crippen LogP contribution in [0.1, 0.15) is 26.0 Å². The Kier molecular flexibility index (Phi) is 4.27. The maximum atomic E-state index is 9.80. The first-order valence-electron chi connectivity index (χ1n) is 25.9. The molecule has 0 radical (unpaired) electrons. The normalized spacial score (nSPS) is 16.4. The van der Waals surface area contributed by atoms with Crippen molar-refractivity contribution in [2.75, 3.05) is 0 Å². The van der Waals surface area contributed by atoms with Crippen molar-refractivity contribution in [3.63, 3.8) is 0 Å². The van der Waals surface area contributed by atoms with E-state index in [1.165, 1.54) is 0 Å². The summed E-state index contributed by atoms with van der Waals surface area (Å²) >= 11 is 0.480. The highest BCUT2D eigenvalue weighted by molar-refractivity contribution is 7.20. The van der Waals surface area contributed by atoms with Gasteiger partial charge in [0.25, 0.3) is 0 Å². The summed E-state index contributed by atoms with van der Waals surface area (Å²) in [7, 11) is 0. The standard InChI is InChI=1S/C50H32N2S/c1-4-13-34(14-5-1)45-46(50(39-17-8-3-9-18-39)53-49(45)38-15-6-2-7-16-38)35-24-22-33(23-25-35)40-29-30-43(42-21-11-10-20-41(40)42)44-31-28-37-27-26-36-19-12-32-51-47(36)48(37)52-44/h1-32H/i1D,2D,3D,4D,5D,6D,7D,8D,9D,13D,14D,15D,16D,17D,18D,22D,23D,24D,25D. The molecule has 0 spiro atoms. The van der Waals surface area contributed by atoms with Crippen LogP contribution in [0.2, 0.25) is 0 Å². The third-order valence-corrected chi connectivity index (χ3v) is 10.1. The van der Waals surface area contributed by atoms with Crippen LogP contribution in [0.4, 0.5) is 0 Å². The van der Waals surface area contributed by atoms with Crippen LogP contribution in [0.5, 0.6) is 0 Å². The van der Waals surface area contributed by atoms with Crippen molar-refractivity contribution >= 4 is 43.9 Å². The monoisotopic (exact) mass is 711 g/mol. The van der Waals surface area contributed by atoms with Gasteiger partial charge in [-0.3, -0.25) is 4.98 Å². The molecule has 0 unspecified atom stereocenters. The Hall–Kier alpha value is -6.68. The number of hydrogen-bond acceptors (Lipinski definition) is 3. The second kappa shape index (κ2) is 13.1. The minimum Gasteiger partial charge on any atom is -0.254 e. The van der Waals surface area contributed by atoms with Gasteiger partial charge in [-0.05, 0) is 56.3 Å². The summed E-state index contributed by atoms with van der Waals surface area (Å²) < 4.78 is 170. The van der Waals surface area contributed by atoms with Gasteiger partial charge in [0.15, 0.2) is 0 Å². The molecule has 0 saturated carbocycles. The lowest BCUT2D eigenvalue weighted by Gasteiger charge is -2.14. The molecule has 0 atom stereocenters. The van der Waals surface area contributed by atoms with Crippen molar-refractivity contribution < 1.29 is 26.0 Å². The Balaban J connectivity index is 1.32. The molecule has 0 N–H and O–H groups in total. The molecule has 0 aliphatic heterocycles. The maximum Gasteiger partial charge on any atom is 0.0972 e. The van der Waals surface area contributed by atoms with Gasteiger partial charge in [-0.2, -0.15) is 0 Å². The van der Waals surface area contributed by atoms with Crippen molar-refractivity contribution in [2.24, 2.45) is 0 Å². The molecule has 0 aliphatic rings. The number of benzene rings is 7. The third-order valence-electron chi connectivity index (χ3n) is 8.89. The first kappa shape index (κ1) is 17.2. The van der Waals surface area contributed by atoms with Crippen molar-refractivity contribution in [3.8, 4) is 65.5 Å². The molecule has 53 heavy (non-hydrogen) atoms. The van der Waals surface area contributed by atoms with Gasteiger partial charge in [-0.25, -0.2) is 4.98 Å². The molecule has 2 nitrogen and oxygen atoms in total. The molecule has 0 fully saturated rings. The fourth-order valence-corrected chi connectivity index (χ4v) is 7.77. The molecule has 0 amide bonds. The first-order valence-corrected chi connectivity index (χ1v) is 17.2. The fraction of sp³-hybridized carbons (Fsp3) is 0. The molecular formula is C50H32N2S. The van der Waals surface area contributed by atoms with Gasteiger partial charge in [0, 0.05) is 43.4 Å². The average molecular weight is 712 g/mol. The van der Waals surface area contributed by atoms with E-state index in [-0.39, 0.29) is 11.1 Å². The molecule has 10 rings (SSSR count). The number of hydrogen-bond donors (Lipinski definition) is 0. The minimum atomic E-state index is -0.870. The Morgan fingerprint density at radius 2 is 0.925 bits per heavy atom. The number of thiophene rings is 1. The van der Waals surface area contributed by atoms with E-state index < -0.39 is 158 Å². The summed E-state index contributed by atoms with van der Waals surface area (Å²) in [4.78, 5) is 8.81. The highest BCUT2D eigenvalue weighted by Crippen LogP contribution is 2.52. The summed E-state index contributed by atoms with van der Waals surface area (Å²) in [5.74, 6) is 0. The molecule has 10 aromatic rings. The predicted molar refractivity (Wildman–Crippen MR) is 225 cm³/mol. The van der Waals surface area contributed by atoms with E-state index in [0.29, 0.717) is 44.4 Å². The Bertz CT molecular complexity index is 3940. The highest BCUT2D eigenvalue weighted by Gasteiger charge is 2.23. The van der Waals surface area contributed by atoms with Crippen LogP contribution in [0.25, 0.3) is 98.1 Å². The van der Waals surface area contributed by atoms with Crippen molar-refractivity contribution in [2.45, 2.75) is 0 Å². The zero-order valence-corrected chi connectivity index (χ0v) is 28.1. The van der Waals surface area contributed by atoms with E-state index >= 15 is 0 Å². The van der Waals surface area contributed by atoms with Crippen LogP contribution in [-0.4, -0.2) is 9.97 Å². The molecule has 0 saturated heterocycles. The molecule has 0 aliphatic carbocycles. The summed E-state index contributed by atoms with van der Waals surface area (Å²) in [6.07, 6.45) is 1.69. The van der Waals surface area contributed by atoms with Gasteiger partial charge in [-0.1, -0.05) is 175 Å². The smallest absolute Gasteiger partial charge is 0.0972 e. The van der Waals surface area contributed by atoms with Gasteiger partial charge in [0.05, 0.1) is 42.8 Å². The zero-order chi connectivity index (χ0) is 51.7. The number of pyridine rings is 2. The lowest BCUT2D eigenvalue weighted by atomic mass is 9.89. The van der Waals surface area contributed by atoms with Crippen LogP contribution in [0.15, 0.2) is 194 Å². The molecule has 248 valence electrons. The minimum absolute atomic E-state index is 0.173. The lowest BCUT2D eigenvalue weighted by Crippen LogP contribution is -1.91. The van der Waals surface area contributed by atoms with Crippen molar-refractivity contribution in [1.82, 2.24) is 9.97 Å². The number of fused-ring (bicyclic) bond motifs is 4. The largest absolute Gasteiger partial charge is 0.254 e. The Morgan fingerprint density at radius 1 is 0.415 bits per heavy atom. The van der Waals surface area contributed by atoms with Crippen LogP contribution >= 0.6 is 11.3 Å². The Morgan fingerprint density at radius 3 is 1.57 bits per heavy atom. The molecule has 3 heteroatoms. The summed E-state index contributed by atoms with van der Waals surface area (Å²) in [6.45, 7) is 0. The van der Waals surface area contributed by atoms with E-state index in [2.05, 4.69) is 4.98 Å². The van der Waals surface area contributed by atoms with Crippen LogP contribution in [0.3, 0.4) is 0 Å². The summed E-state index contributed by atoms with van der Waals surface area (Å²) in [5, 5.41) is 2.92. The Labute approximate surface area is 339 Å². The van der Waals surface area contributed by atoms with Crippen LogP contribution in [0, 0.1) is 0 Å². The molecule has 3 aromatic heterocycles. The molecule has 7 aromatic carbocycles. The van der Waals surface area contributed by atoms with E-state index in [9.17, 15) is 8.22 Å². The van der Waals surface area contributed by atoms with Gasteiger partial charge in [0.2, 0.25) is 0 Å². The van der Waals surface area contributed by atoms with E-state index in [1.54, 1.807) is 36.5 Å². The maximum absolute atomic E-state index is 9.80.